The summed E-state index contributed by atoms with van der Waals surface area (Å²) in [7, 11) is 0. The Labute approximate surface area is 222 Å². The summed E-state index contributed by atoms with van der Waals surface area (Å²) in [5.41, 5.74) is 1.79. The van der Waals surface area contributed by atoms with Gasteiger partial charge in [0.1, 0.15) is 17.8 Å². The van der Waals surface area contributed by atoms with E-state index in [-0.39, 0.29) is 11.7 Å². The zero-order valence-corrected chi connectivity index (χ0v) is 21.3. The highest BCUT2D eigenvalue weighted by Crippen LogP contribution is 2.20. The van der Waals surface area contributed by atoms with Crippen LogP contribution in [0.25, 0.3) is 0 Å². The number of carboxylic acid groups (broad SMARTS) is 2. The van der Waals surface area contributed by atoms with Gasteiger partial charge in [-0.1, -0.05) is 30.3 Å². The molecular formula is C28H36N4O6. The number of carboxylic acids is 2. The molecule has 1 heterocycles. The minimum atomic E-state index is -1.04. The Morgan fingerprint density at radius 2 is 1.74 bits per heavy atom. The fourth-order valence-corrected chi connectivity index (χ4v) is 4.54. The van der Waals surface area contributed by atoms with Crippen molar-refractivity contribution in [3.63, 3.8) is 0 Å². The highest BCUT2D eigenvalue weighted by atomic mass is 16.4. The minimum Gasteiger partial charge on any atom is -0.508 e. The predicted molar refractivity (Wildman–Crippen MR) is 144 cm³/mol. The molecule has 10 heteroatoms. The molecule has 204 valence electrons. The first-order valence-electron chi connectivity index (χ1n) is 12.9. The van der Waals surface area contributed by atoms with E-state index in [2.05, 4.69) is 15.6 Å². The molecule has 2 aromatic carbocycles. The summed E-state index contributed by atoms with van der Waals surface area (Å²) in [4.78, 5) is 42.8. The number of aliphatic carboxylic acids is 2. The van der Waals surface area contributed by atoms with Gasteiger partial charge in [-0.2, -0.15) is 0 Å². The molecule has 3 rings (SSSR count). The average Bonchev–Trinajstić information content (AvgIpc) is 3.41. The maximum atomic E-state index is 13.4. The van der Waals surface area contributed by atoms with E-state index in [0.29, 0.717) is 58.0 Å². The number of carbonyl (C=O) groups is 3. The molecule has 1 fully saturated rings. The van der Waals surface area contributed by atoms with Crippen molar-refractivity contribution in [3.8, 4) is 5.75 Å². The smallest absolute Gasteiger partial charge is 0.326 e. The van der Waals surface area contributed by atoms with E-state index in [4.69, 9.17) is 0 Å². The molecule has 0 aliphatic carbocycles. The van der Waals surface area contributed by atoms with Gasteiger partial charge >= 0.3 is 11.9 Å². The van der Waals surface area contributed by atoms with Crippen LogP contribution in [-0.4, -0.2) is 75.6 Å². The van der Waals surface area contributed by atoms with Gasteiger partial charge < -0.3 is 25.5 Å². The molecular weight excluding hydrogens is 488 g/mol. The number of aryl methyl sites for hydroxylation is 1. The first kappa shape index (κ1) is 28.6. The fraction of sp³-hybridized carbons (Fsp3) is 0.429. The molecule has 10 nitrogen and oxygen atoms in total. The van der Waals surface area contributed by atoms with Gasteiger partial charge in [0.25, 0.3) is 0 Å². The summed E-state index contributed by atoms with van der Waals surface area (Å²) in [6, 6.07) is 13.5. The second-order valence-electron chi connectivity index (χ2n) is 9.38. The van der Waals surface area contributed by atoms with E-state index in [9.17, 15) is 29.7 Å². The van der Waals surface area contributed by atoms with Crippen molar-refractivity contribution in [2.24, 2.45) is 4.99 Å². The van der Waals surface area contributed by atoms with Crippen molar-refractivity contribution in [2.75, 3.05) is 18.4 Å². The van der Waals surface area contributed by atoms with E-state index in [0.717, 1.165) is 11.3 Å². The predicted octanol–water partition coefficient (Wildman–Crippen LogP) is 3.12. The van der Waals surface area contributed by atoms with Crippen molar-refractivity contribution >= 4 is 29.9 Å². The van der Waals surface area contributed by atoms with Crippen LogP contribution in [0, 0.1) is 0 Å². The number of nitrogens with zero attached hydrogens (tertiary/aromatic N) is 2. The highest BCUT2D eigenvalue weighted by Gasteiger charge is 2.38. The van der Waals surface area contributed by atoms with Gasteiger partial charge in [0.05, 0.1) is 12.4 Å². The first-order valence-corrected chi connectivity index (χ1v) is 12.9. The lowest BCUT2D eigenvalue weighted by Gasteiger charge is -2.29. The standard InChI is InChI=1S/C28H36N4O6/c33-22-14-12-21(13-15-22)30-19-29-17-5-4-9-23(26(34)32-18-6-10-25(32)28(37)38)31-24(27(35)36)16-11-20-7-2-1-3-8-20/h1-3,7-8,12-15,19,23-25,31,33H,4-6,9-11,16-18H2,(H,29,30)(H,35,36)(H,37,38)/t23-,24?,25-/m0/s1. The van der Waals surface area contributed by atoms with Gasteiger partial charge in [-0.3, -0.25) is 19.9 Å². The molecule has 0 radical (unpaired) electrons. The fourth-order valence-electron chi connectivity index (χ4n) is 4.54. The number of benzene rings is 2. The number of aliphatic imine (C=N–C) groups is 1. The lowest BCUT2D eigenvalue weighted by molar-refractivity contribution is -0.149. The van der Waals surface area contributed by atoms with Crippen LogP contribution >= 0.6 is 0 Å². The molecule has 1 saturated heterocycles. The second kappa shape index (κ2) is 14.7. The third-order valence-corrected chi connectivity index (χ3v) is 6.60. The number of nitrogens with one attached hydrogen (secondary N) is 2. The van der Waals surface area contributed by atoms with Crippen molar-refractivity contribution in [2.45, 2.75) is 63.1 Å². The van der Waals surface area contributed by atoms with Gasteiger partial charge in [0.2, 0.25) is 5.91 Å². The van der Waals surface area contributed by atoms with Gasteiger partial charge in [-0.25, -0.2) is 4.79 Å². The van der Waals surface area contributed by atoms with E-state index in [1.165, 1.54) is 4.90 Å². The molecule has 5 N–H and O–H groups in total. The summed E-state index contributed by atoms with van der Waals surface area (Å²) < 4.78 is 0. The van der Waals surface area contributed by atoms with Gasteiger partial charge in [0.15, 0.2) is 0 Å². The molecule has 0 saturated carbocycles. The Morgan fingerprint density at radius 3 is 2.42 bits per heavy atom. The molecule has 1 aliphatic rings. The summed E-state index contributed by atoms with van der Waals surface area (Å²) >= 11 is 0. The number of hydrogen-bond acceptors (Lipinski definition) is 6. The molecule has 1 aliphatic heterocycles. The Hall–Kier alpha value is -3.92. The third-order valence-electron chi connectivity index (χ3n) is 6.60. The number of hydrogen-bond donors (Lipinski definition) is 5. The zero-order valence-electron chi connectivity index (χ0n) is 21.3. The van der Waals surface area contributed by atoms with Crippen molar-refractivity contribution in [1.29, 1.82) is 0 Å². The minimum absolute atomic E-state index is 0.180. The normalized spacial score (nSPS) is 16.8. The number of aromatic hydroxyl groups is 1. The lowest BCUT2D eigenvalue weighted by Crippen LogP contribution is -2.54. The largest absolute Gasteiger partial charge is 0.508 e. The van der Waals surface area contributed by atoms with Crippen LogP contribution in [-0.2, 0) is 20.8 Å². The number of unbranched alkanes of at least 4 members (excludes halogenated alkanes) is 1. The molecule has 38 heavy (non-hydrogen) atoms. The molecule has 0 bridgehead atoms. The maximum Gasteiger partial charge on any atom is 0.326 e. The van der Waals surface area contributed by atoms with Crippen LogP contribution in [0.3, 0.4) is 0 Å². The third kappa shape index (κ3) is 8.88. The SMILES string of the molecule is O=C(O)C(CCc1ccccc1)N[C@@H](CCCCN=CNc1ccc(O)cc1)C(=O)N1CCC[C@H]1C(=O)O. The molecule has 1 amide bonds. The lowest BCUT2D eigenvalue weighted by atomic mass is 10.0. The Bertz CT molecular complexity index is 1080. The number of rotatable bonds is 15. The van der Waals surface area contributed by atoms with Crippen LogP contribution < -0.4 is 10.6 Å². The van der Waals surface area contributed by atoms with Gasteiger partial charge in [0, 0.05) is 18.8 Å². The maximum absolute atomic E-state index is 13.4. The van der Waals surface area contributed by atoms with Crippen molar-refractivity contribution in [1.82, 2.24) is 10.2 Å². The van der Waals surface area contributed by atoms with E-state index < -0.39 is 30.1 Å². The second-order valence-corrected chi connectivity index (χ2v) is 9.38. The Balaban J connectivity index is 1.57. The topological polar surface area (TPSA) is 152 Å². The van der Waals surface area contributed by atoms with Crippen LogP contribution in [0.4, 0.5) is 5.69 Å². The molecule has 0 spiro atoms. The van der Waals surface area contributed by atoms with Gasteiger partial charge in [-0.05, 0) is 74.8 Å². The summed E-state index contributed by atoms with van der Waals surface area (Å²) in [5.74, 6) is -2.26. The molecule has 0 aromatic heterocycles. The number of carbonyl (C=O) groups excluding carboxylic acids is 1. The van der Waals surface area contributed by atoms with E-state index in [1.807, 2.05) is 30.3 Å². The molecule has 3 atom stereocenters. The monoisotopic (exact) mass is 524 g/mol. The molecule has 1 unspecified atom stereocenters. The number of likely N-dealkylation sites (tertiary alicyclic amines) is 1. The Morgan fingerprint density at radius 1 is 1.00 bits per heavy atom. The molecule has 2 aromatic rings. The van der Waals surface area contributed by atoms with Crippen LogP contribution in [0.15, 0.2) is 59.6 Å². The number of phenolic OH excluding ortho intramolecular Hbond substituents is 1. The van der Waals surface area contributed by atoms with Gasteiger partial charge in [-0.15, -0.1) is 0 Å². The van der Waals surface area contributed by atoms with Crippen LogP contribution in [0.5, 0.6) is 5.75 Å². The van der Waals surface area contributed by atoms with E-state index >= 15 is 0 Å². The first-order chi connectivity index (χ1) is 18.3. The van der Waals surface area contributed by atoms with Crippen LogP contribution in [0.1, 0.15) is 44.1 Å². The van der Waals surface area contributed by atoms with Crippen LogP contribution in [0.2, 0.25) is 0 Å². The Kier molecular flexibility index (Phi) is 11.1. The number of phenols is 1. The van der Waals surface area contributed by atoms with E-state index in [1.54, 1.807) is 30.6 Å². The summed E-state index contributed by atoms with van der Waals surface area (Å²) in [6.07, 6.45) is 5.06. The summed E-state index contributed by atoms with van der Waals surface area (Å²) in [6.45, 7) is 0.854. The number of amides is 1. The zero-order chi connectivity index (χ0) is 27.3. The van der Waals surface area contributed by atoms with Crippen molar-refractivity contribution < 1.29 is 29.7 Å². The highest BCUT2D eigenvalue weighted by molar-refractivity contribution is 5.88. The quantitative estimate of drug-likeness (QED) is 0.103. The summed E-state index contributed by atoms with van der Waals surface area (Å²) in [5, 5.41) is 34.8. The average molecular weight is 525 g/mol. The van der Waals surface area contributed by atoms with Crippen molar-refractivity contribution in [3.05, 3.63) is 60.2 Å². The number of anilines is 1.